The molecule has 1 aromatic heterocycles. The molecule has 4 rings (SSSR count). The lowest BCUT2D eigenvalue weighted by Gasteiger charge is -2.26. The highest BCUT2D eigenvalue weighted by Crippen LogP contribution is 2.31. The fourth-order valence-electron chi connectivity index (χ4n) is 3.85. The smallest absolute Gasteiger partial charge is 0.290 e. The van der Waals surface area contributed by atoms with E-state index < -0.39 is 0 Å². The summed E-state index contributed by atoms with van der Waals surface area (Å²) in [6.45, 7) is 6.06. The minimum Gasteiger partial charge on any atom is -0.451 e. The Bertz CT molecular complexity index is 687. The molecule has 2 aliphatic rings. The van der Waals surface area contributed by atoms with E-state index in [0.717, 1.165) is 43.3 Å². The van der Waals surface area contributed by atoms with Crippen LogP contribution in [0.4, 0.5) is 0 Å². The molecule has 3 heterocycles. The summed E-state index contributed by atoms with van der Waals surface area (Å²) in [5.74, 6) is 0.543. The Labute approximate surface area is 142 Å². The zero-order valence-electron chi connectivity index (χ0n) is 13.6. The van der Waals surface area contributed by atoms with Gasteiger partial charge in [-0.25, -0.2) is 0 Å². The van der Waals surface area contributed by atoms with E-state index in [1.807, 2.05) is 12.1 Å². The van der Waals surface area contributed by atoms with Crippen LogP contribution in [-0.2, 0) is 0 Å². The van der Waals surface area contributed by atoms with Crippen LogP contribution in [0.5, 0.6) is 0 Å². The van der Waals surface area contributed by atoms with Crippen LogP contribution in [0.3, 0.4) is 0 Å². The third kappa shape index (κ3) is 2.74. The van der Waals surface area contributed by atoms with Gasteiger partial charge < -0.3 is 14.6 Å². The van der Waals surface area contributed by atoms with Crippen LogP contribution in [0.25, 0.3) is 11.0 Å². The van der Waals surface area contributed by atoms with Crippen LogP contribution < -0.4 is 5.32 Å². The van der Waals surface area contributed by atoms with E-state index in [9.17, 15) is 4.79 Å². The summed E-state index contributed by atoms with van der Waals surface area (Å²) in [4.78, 5) is 15.0. The Morgan fingerprint density at radius 2 is 1.87 bits per heavy atom. The van der Waals surface area contributed by atoms with E-state index in [4.69, 9.17) is 4.42 Å². The number of carbonyl (C=O) groups excluding carboxylic acids is 1. The van der Waals surface area contributed by atoms with Gasteiger partial charge in [-0.15, -0.1) is 12.4 Å². The van der Waals surface area contributed by atoms with Gasteiger partial charge in [0.15, 0.2) is 5.76 Å². The average Bonchev–Trinajstić information content (AvgIpc) is 2.98. The highest BCUT2D eigenvalue weighted by atomic mass is 35.5. The molecule has 0 saturated carbocycles. The van der Waals surface area contributed by atoms with Crippen LogP contribution in [0, 0.1) is 13.8 Å². The molecule has 2 aromatic rings. The highest BCUT2D eigenvalue weighted by molar-refractivity contribution is 5.97. The quantitative estimate of drug-likeness (QED) is 0.869. The van der Waals surface area contributed by atoms with Gasteiger partial charge in [0.25, 0.3) is 5.91 Å². The number of carbonyl (C=O) groups is 1. The molecule has 2 fully saturated rings. The first-order valence-electron chi connectivity index (χ1n) is 8.17. The van der Waals surface area contributed by atoms with E-state index in [1.54, 1.807) is 0 Å². The zero-order chi connectivity index (χ0) is 15.3. The number of hydrogen-bond donors (Lipinski definition) is 1. The molecular weight excluding hydrogens is 312 g/mol. The molecule has 5 heteroatoms. The first kappa shape index (κ1) is 16.3. The highest BCUT2D eigenvalue weighted by Gasteiger charge is 2.39. The normalized spacial score (nSPS) is 23.7. The Kier molecular flexibility index (Phi) is 4.39. The van der Waals surface area contributed by atoms with Gasteiger partial charge in [0.1, 0.15) is 5.58 Å². The number of aryl methyl sites for hydroxylation is 2. The summed E-state index contributed by atoms with van der Waals surface area (Å²) in [5.41, 5.74) is 3.23. The second-order valence-electron chi connectivity index (χ2n) is 6.68. The van der Waals surface area contributed by atoms with Crippen molar-refractivity contribution >= 4 is 29.3 Å². The van der Waals surface area contributed by atoms with Crippen LogP contribution in [0.2, 0.25) is 0 Å². The number of halogens is 1. The van der Waals surface area contributed by atoms with Crippen molar-refractivity contribution in [2.75, 3.05) is 13.1 Å². The summed E-state index contributed by atoms with van der Waals surface area (Å²) in [7, 11) is 0. The summed E-state index contributed by atoms with van der Waals surface area (Å²) < 4.78 is 5.87. The zero-order valence-corrected chi connectivity index (χ0v) is 14.4. The first-order valence-corrected chi connectivity index (χ1v) is 8.17. The van der Waals surface area contributed by atoms with Gasteiger partial charge in [-0.2, -0.15) is 0 Å². The van der Waals surface area contributed by atoms with Gasteiger partial charge in [0.05, 0.1) is 0 Å². The number of nitrogens with one attached hydrogen (secondary N) is 1. The summed E-state index contributed by atoms with van der Waals surface area (Å²) in [5, 5.41) is 4.45. The van der Waals surface area contributed by atoms with Crippen molar-refractivity contribution in [2.45, 2.75) is 45.2 Å². The lowest BCUT2D eigenvalue weighted by Crippen LogP contribution is -2.42. The summed E-state index contributed by atoms with van der Waals surface area (Å²) in [6.07, 6.45) is 3.26. The number of rotatable bonds is 1. The van der Waals surface area contributed by atoms with Crippen LogP contribution in [-0.4, -0.2) is 36.0 Å². The molecule has 124 valence electrons. The van der Waals surface area contributed by atoms with Crippen molar-refractivity contribution in [3.8, 4) is 0 Å². The lowest BCUT2D eigenvalue weighted by atomic mass is 10.1. The topological polar surface area (TPSA) is 45.5 Å². The van der Waals surface area contributed by atoms with Gasteiger partial charge in [0, 0.05) is 24.0 Å². The molecule has 1 aromatic carbocycles. The molecule has 2 atom stereocenters. The van der Waals surface area contributed by atoms with Gasteiger partial charge in [-0.05, 0) is 69.0 Å². The molecule has 1 amide bonds. The van der Waals surface area contributed by atoms with Crippen molar-refractivity contribution in [3.05, 3.63) is 35.1 Å². The minimum absolute atomic E-state index is 0. The maximum absolute atomic E-state index is 13.0. The molecule has 0 spiro atoms. The maximum Gasteiger partial charge on any atom is 0.290 e. The van der Waals surface area contributed by atoms with Crippen molar-refractivity contribution < 1.29 is 9.21 Å². The second kappa shape index (κ2) is 6.17. The van der Waals surface area contributed by atoms with Crippen LogP contribution in [0.15, 0.2) is 22.6 Å². The molecule has 2 bridgehead atoms. The fourth-order valence-corrected chi connectivity index (χ4v) is 3.85. The van der Waals surface area contributed by atoms with Gasteiger partial charge in [0.2, 0.25) is 0 Å². The van der Waals surface area contributed by atoms with Gasteiger partial charge in [-0.1, -0.05) is 0 Å². The maximum atomic E-state index is 13.0. The monoisotopic (exact) mass is 334 g/mol. The Balaban J connectivity index is 0.00000156. The first-order chi connectivity index (χ1) is 10.6. The van der Waals surface area contributed by atoms with Crippen LogP contribution in [0.1, 0.15) is 40.9 Å². The molecule has 2 aliphatic heterocycles. The largest absolute Gasteiger partial charge is 0.451 e. The fraction of sp³-hybridized carbons (Fsp3) is 0.500. The predicted octanol–water partition coefficient (Wildman–Crippen LogP) is 3.44. The van der Waals surface area contributed by atoms with Crippen molar-refractivity contribution in [2.24, 2.45) is 0 Å². The Morgan fingerprint density at radius 1 is 1.13 bits per heavy atom. The number of nitrogens with zero attached hydrogens (tertiary/aromatic N) is 1. The number of furan rings is 1. The standard InChI is InChI=1S/C18H22N2O2.ClH/c1-11-7-13-9-17(22-16(13)8-12(11)2)18(21)20-14-3-4-15(20)10-19-6-5-14;/h7-9,14-15,19H,3-6,10H2,1-2H3;1H. The van der Waals surface area contributed by atoms with Crippen LogP contribution >= 0.6 is 12.4 Å². The third-order valence-corrected chi connectivity index (χ3v) is 5.23. The SMILES string of the molecule is Cc1cc2cc(C(=O)N3C4CCNCC3CC4)oc2cc1C.Cl. The minimum atomic E-state index is 0. The van der Waals surface area contributed by atoms with E-state index in [2.05, 4.69) is 30.1 Å². The molecule has 23 heavy (non-hydrogen) atoms. The number of benzene rings is 1. The Morgan fingerprint density at radius 3 is 2.70 bits per heavy atom. The van der Waals surface area contributed by atoms with Gasteiger partial charge in [-0.3, -0.25) is 4.79 Å². The second-order valence-corrected chi connectivity index (χ2v) is 6.68. The molecule has 2 unspecified atom stereocenters. The van der Waals surface area contributed by atoms with Crippen molar-refractivity contribution in [1.82, 2.24) is 10.2 Å². The van der Waals surface area contributed by atoms with E-state index in [-0.39, 0.29) is 18.3 Å². The van der Waals surface area contributed by atoms with E-state index in [1.165, 1.54) is 11.1 Å². The van der Waals surface area contributed by atoms with Crippen molar-refractivity contribution in [1.29, 1.82) is 0 Å². The molecule has 4 nitrogen and oxygen atoms in total. The summed E-state index contributed by atoms with van der Waals surface area (Å²) in [6, 6.07) is 6.71. The molecule has 0 radical (unpaired) electrons. The number of amides is 1. The summed E-state index contributed by atoms with van der Waals surface area (Å²) >= 11 is 0. The lowest BCUT2D eigenvalue weighted by molar-refractivity contribution is 0.0650. The predicted molar refractivity (Wildman–Crippen MR) is 93.4 cm³/mol. The van der Waals surface area contributed by atoms with Gasteiger partial charge >= 0.3 is 0 Å². The molecule has 2 saturated heterocycles. The molecule has 1 N–H and O–H groups in total. The number of fused-ring (bicyclic) bond motifs is 3. The van der Waals surface area contributed by atoms with E-state index in [0.29, 0.717) is 17.8 Å². The van der Waals surface area contributed by atoms with Crippen molar-refractivity contribution in [3.63, 3.8) is 0 Å². The number of hydrogen-bond acceptors (Lipinski definition) is 3. The Hall–Kier alpha value is -1.52. The van der Waals surface area contributed by atoms with E-state index >= 15 is 0 Å². The third-order valence-electron chi connectivity index (χ3n) is 5.23. The molecule has 0 aliphatic carbocycles. The average molecular weight is 335 g/mol. The molecular formula is C18H23ClN2O2.